The van der Waals surface area contributed by atoms with Gasteiger partial charge in [-0.2, -0.15) is 0 Å². The lowest BCUT2D eigenvalue weighted by atomic mass is 9.83. The summed E-state index contributed by atoms with van der Waals surface area (Å²) in [6.07, 6.45) is 5.99. The Morgan fingerprint density at radius 1 is 1.16 bits per heavy atom. The minimum Gasteiger partial charge on any atom is -0.381 e. The van der Waals surface area contributed by atoms with Crippen LogP contribution in [0.1, 0.15) is 44.6 Å². The van der Waals surface area contributed by atoms with Crippen molar-refractivity contribution in [3.8, 4) is 0 Å². The van der Waals surface area contributed by atoms with Gasteiger partial charge in [0.2, 0.25) is 0 Å². The molecule has 1 aromatic rings. The predicted octanol–water partition coefficient (Wildman–Crippen LogP) is 3.05. The zero-order valence-corrected chi connectivity index (χ0v) is 20.4. The second-order valence-electron chi connectivity index (χ2n) is 10.1. The highest BCUT2D eigenvalue weighted by molar-refractivity contribution is 5.80. The minimum atomic E-state index is 0.120. The topological polar surface area (TPSA) is 43.3 Å². The van der Waals surface area contributed by atoms with Crippen LogP contribution in [-0.2, 0) is 11.3 Å². The molecule has 178 valence electrons. The molecule has 0 aliphatic carbocycles. The van der Waals surface area contributed by atoms with Gasteiger partial charge in [-0.05, 0) is 71.1 Å². The quantitative estimate of drug-likeness (QED) is 0.543. The maximum atomic E-state index is 5.65. The van der Waals surface area contributed by atoms with Crippen molar-refractivity contribution in [2.45, 2.75) is 57.2 Å². The molecule has 0 amide bonds. The summed E-state index contributed by atoms with van der Waals surface area (Å²) in [4.78, 5) is 12.9. The third-order valence-electron chi connectivity index (χ3n) is 7.94. The smallest absolute Gasteiger partial charge is 0.193 e. The molecular formula is C26H43N5O. The summed E-state index contributed by atoms with van der Waals surface area (Å²) in [6.45, 7) is 10.2. The third-order valence-corrected chi connectivity index (χ3v) is 7.94. The maximum Gasteiger partial charge on any atom is 0.193 e. The predicted molar refractivity (Wildman–Crippen MR) is 132 cm³/mol. The number of aliphatic imine (C=N–C) groups is 1. The van der Waals surface area contributed by atoms with E-state index in [1.165, 1.54) is 31.4 Å². The number of guanidine groups is 1. The Labute approximate surface area is 195 Å². The molecule has 1 aromatic carbocycles. The average molecular weight is 442 g/mol. The molecule has 2 unspecified atom stereocenters. The van der Waals surface area contributed by atoms with Crippen LogP contribution in [0.15, 0.2) is 35.3 Å². The van der Waals surface area contributed by atoms with Crippen molar-refractivity contribution in [2.75, 3.05) is 60.0 Å². The number of likely N-dealkylation sites (tertiary alicyclic amines) is 2. The summed E-state index contributed by atoms with van der Waals surface area (Å²) in [5, 5.41) is 3.61. The summed E-state index contributed by atoms with van der Waals surface area (Å²) < 4.78 is 5.65. The number of hydrogen-bond donors (Lipinski definition) is 1. The number of nitrogens with one attached hydrogen (secondary N) is 1. The molecule has 3 aliphatic heterocycles. The number of hydrogen-bond acceptors (Lipinski definition) is 4. The first-order chi connectivity index (χ1) is 15.6. The Bertz CT molecular complexity index is 731. The number of nitrogens with zero attached hydrogens (tertiary/aromatic N) is 4. The van der Waals surface area contributed by atoms with Crippen molar-refractivity contribution in [1.29, 1.82) is 0 Å². The first kappa shape index (κ1) is 23.5. The Balaban J connectivity index is 1.42. The highest BCUT2D eigenvalue weighted by Crippen LogP contribution is 2.32. The van der Waals surface area contributed by atoms with Crippen molar-refractivity contribution < 1.29 is 4.74 Å². The summed E-state index contributed by atoms with van der Waals surface area (Å²) in [5.74, 6) is 1.84. The van der Waals surface area contributed by atoms with E-state index in [0.29, 0.717) is 6.04 Å². The van der Waals surface area contributed by atoms with Crippen LogP contribution in [0.2, 0.25) is 0 Å². The van der Waals surface area contributed by atoms with Crippen LogP contribution in [0.4, 0.5) is 0 Å². The van der Waals surface area contributed by atoms with E-state index in [9.17, 15) is 0 Å². The Kier molecular flexibility index (Phi) is 8.08. The van der Waals surface area contributed by atoms with Gasteiger partial charge in [-0.25, -0.2) is 0 Å². The molecule has 0 spiro atoms. The van der Waals surface area contributed by atoms with Crippen molar-refractivity contribution in [1.82, 2.24) is 20.0 Å². The van der Waals surface area contributed by atoms with E-state index < -0.39 is 0 Å². The van der Waals surface area contributed by atoms with E-state index in [2.05, 4.69) is 71.4 Å². The van der Waals surface area contributed by atoms with E-state index >= 15 is 0 Å². The monoisotopic (exact) mass is 441 g/mol. The van der Waals surface area contributed by atoms with Gasteiger partial charge >= 0.3 is 0 Å². The Morgan fingerprint density at radius 3 is 2.66 bits per heavy atom. The molecular weight excluding hydrogens is 398 g/mol. The molecule has 6 heteroatoms. The average Bonchev–Trinajstić information content (AvgIpc) is 2.83. The Hall–Kier alpha value is -1.63. The van der Waals surface area contributed by atoms with Crippen LogP contribution in [0.3, 0.4) is 0 Å². The van der Waals surface area contributed by atoms with Gasteiger partial charge in [-0.1, -0.05) is 30.3 Å². The molecule has 0 radical (unpaired) electrons. The van der Waals surface area contributed by atoms with Crippen LogP contribution in [-0.4, -0.2) is 92.3 Å². The molecule has 3 aliphatic rings. The summed E-state index contributed by atoms with van der Waals surface area (Å²) >= 11 is 0. The highest BCUT2D eigenvalue weighted by atomic mass is 16.5. The van der Waals surface area contributed by atoms with Gasteiger partial charge in [-0.15, -0.1) is 0 Å². The number of likely N-dealkylation sites (N-methyl/N-ethyl adjacent to an activating group) is 1. The van der Waals surface area contributed by atoms with E-state index in [1.807, 2.05) is 0 Å². The molecule has 2 atom stereocenters. The Morgan fingerprint density at radius 2 is 1.94 bits per heavy atom. The van der Waals surface area contributed by atoms with E-state index in [0.717, 1.165) is 70.7 Å². The fraction of sp³-hybridized carbons (Fsp3) is 0.731. The molecule has 0 bridgehead atoms. The first-order valence-electron chi connectivity index (χ1n) is 12.7. The lowest BCUT2D eigenvalue weighted by molar-refractivity contribution is -0.00284. The minimum absolute atomic E-state index is 0.120. The molecule has 0 saturated carbocycles. The van der Waals surface area contributed by atoms with Gasteiger partial charge in [0.15, 0.2) is 5.96 Å². The lowest BCUT2D eigenvalue weighted by Crippen LogP contribution is -2.57. The maximum absolute atomic E-state index is 5.65. The highest BCUT2D eigenvalue weighted by Gasteiger charge is 2.38. The van der Waals surface area contributed by atoms with Crippen LogP contribution >= 0.6 is 0 Å². The second-order valence-corrected chi connectivity index (χ2v) is 10.1. The largest absolute Gasteiger partial charge is 0.381 e. The van der Waals surface area contributed by atoms with Gasteiger partial charge in [0, 0.05) is 51.0 Å². The summed E-state index contributed by atoms with van der Waals surface area (Å²) in [5.41, 5.74) is 1.56. The molecule has 32 heavy (non-hydrogen) atoms. The zero-order valence-electron chi connectivity index (χ0n) is 20.4. The van der Waals surface area contributed by atoms with E-state index in [1.54, 1.807) is 0 Å². The molecule has 3 heterocycles. The molecule has 3 fully saturated rings. The summed E-state index contributed by atoms with van der Waals surface area (Å²) in [7, 11) is 4.39. The normalized spacial score (nSPS) is 26.8. The van der Waals surface area contributed by atoms with Gasteiger partial charge in [0.25, 0.3) is 0 Å². The van der Waals surface area contributed by atoms with E-state index in [-0.39, 0.29) is 5.54 Å². The van der Waals surface area contributed by atoms with Gasteiger partial charge < -0.3 is 19.9 Å². The fourth-order valence-corrected chi connectivity index (χ4v) is 5.86. The molecule has 6 nitrogen and oxygen atoms in total. The number of ether oxygens (including phenoxy) is 1. The van der Waals surface area contributed by atoms with Gasteiger partial charge in [0.1, 0.15) is 0 Å². The summed E-state index contributed by atoms with van der Waals surface area (Å²) in [6, 6.07) is 11.7. The third kappa shape index (κ3) is 5.46. The van der Waals surface area contributed by atoms with Crippen LogP contribution < -0.4 is 5.32 Å². The molecule has 4 rings (SSSR count). The standard InChI is InChI=1S/C26H43N5O/c1-4-27-25(28-21-26(29(2)3)13-17-32-18-14-26)31-16-12-24-23(20-31)11-8-15-30(24)19-22-9-6-5-7-10-22/h5-7,9-10,23-24H,4,8,11-21H2,1-3H3,(H,27,28). The van der Waals surface area contributed by atoms with Crippen LogP contribution in [0, 0.1) is 5.92 Å². The van der Waals surface area contributed by atoms with Gasteiger partial charge in [-0.3, -0.25) is 9.89 Å². The number of rotatable bonds is 6. The van der Waals surface area contributed by atoms with Crippen LogP contribution in [0.5, 0.6) is 0 Å². The number of benzene rings is 1. The van der Waals surface area contributed by atoms with Crippen molar-refractivity contribution in [2.24, 2.45) is 10.9 Å². The van der Waals surface area contributed by atoms with E-state index in [4.69, 9.17) is 9.73 Å². The first-order valence-corrected chi connectivity index (χ1v) is 12.7. The fourth-order valence-electron chi connectivity index (χ4n) is 5.86. The zero-order chi connectivity index (χ0) is 22.4. The van der Waals surface area contributed by atoms with Gasteiger partial charge in [0.05, 0.1) is 6.54 Å². The lowest BCUT2D eigenvalue weighted by Gasteiger charge is -2.48. The number of fused-ring (bicyclic) bond motifs is 1. The van der Waals surface area contributed by atoms with Crippen LogP contribution in [0.25, 0.3) is 0 Å². The van der Waals surface area contributed by atoms with Crippen molar-refractivity contribution in [3.05, 3.63) is 35.9 Å². The molecule has 0 aromatic heterocycles. The second kappa shape index (κ2) is 11.0. The van der Waals surface area contributed by atoms with Crippen molar-refractivity contribution in [3.63, 3.8) is 0 Å². The SMILES string of the molecule is CCNC(=NCC1(N(C)C)CCOCC1)N1CCC2C(CCCN2Cc2ccccc2)C1. The number of piperidine rings is 2. The van der Waals surface area contributed by atoms with Crippen molar-refractivity contribution >= 4 is 5.96 Å². The molecule has 1 N–H and O–H groups in total. The molecule has 3 saturated heterocycles.